The SMILES string of the molecule is CCCC(C)N(C)C(C)CNC1CC1. The summed E-state index contributed by atoms with van der Waals surface area (Å²) in [6.07, 6.45) is 5.38. The molecule has 0 bridgehead atoms. The summed E-state index contributed by atoms with van der Waals surface area (Å²) in [6, 6.07) is 2.22. The van der Waals surface area contributed by atoms with Crippen molar-refractivity contribution in [3.05, 3.63) is 0 Å². The maximum Gasteiger partial charge on any atom is 0.0192 e. The van der Waals surface area contributed by atoms with E-state index in [0.29, 0.717) is 6.04 Å². The van der Waals surface area contributed by atoms with Crippen LogP contribution in [0.5, 0.6) is 0 Å². The molecule has 2 unspecified atom stereocenters. The Morgan fingerprint density at radius 1 is 1.29 bits per heavy atom. The van der Waals surface area contributed by atoms with E-state index in [9.17, 15) is 0 Å². The summed E-state index contributed by atoms with van der Waals surface area (Å²) in [7, 11) is 2.25. The molecule has 1 aliphatic carbocycles. The van der Waals surface area contributed by atoms with Crippen LogP contribution in [0.25, 0.3) is 0 Å². The van der Waals surface area contributed by atoms with E-state index >= 15 is 0 Å². The molecule has 1 N–H and O–H groups in total. The van der Waals surface area contributed by atoms with E-state index < -0.39 is 0 Å². The third-order valence-electron chi connectivity index (χ3n) is 3.38. The molecule has 2 nitrogen and oxygen atoms in total. The fourth-order valence-corrected chi connectivity index (χ4v) is 1.82. The van der Waals surface area contributed by atoms with Crippen LogP contribution in [0.4, 0.5) is 0 Å². The second-order valence-electron chi connectivity index (χ2n) is 4.83. The number of nitrogens with zero attached hydrogens (tertiary/aromatic N) is 1. The van der Waals surface area contributed by atoms with E-state index in [1.54, 1.807) is 0 Å². The summed E-state index contributed by atoms with van der Waals surface area (Å²) >= 11 is 0. The lowest BCUT2D eigenvalue weighted by Crippen LogP contribution is -2.43. The van der Waals surface area contributed by atoms with Crippen molar-refractivity contribution in [1.82, 2.24) is 10.2 Å². The first kappa shape index (κ1) is 12.0. The van der Waals surface area contributed by atoms with Gasteiger partial charge in [-0.15, -0.1) is 0 Å². The molecule has 14 heavy (non-hydrogen) atoms. The van der Waals surface area contributed by atoms with Gasteiger partial charge in [-0.3, -0.25) is 4.90 Å². The van der Waals surface area contributed by atoms with Crippen LogP contribution in [-0.4, -0.2) is 36.6 Å². The Balaban J connectivity index is 2.15. The van der Waals surface area contributed by atoms with Crippen molar-refractivity contribution in [3.8, 4) is 0 Å². The molecule has 0 heterocycles. The molecule has 0 aromatic heterocycles. The third kappa shape index (κ3) is 3.97. The van der Waals surface area contributed by atoms with Crippen LogP contribution in [0, 0.1) is 0 Å². The van der Waals surface area contributed by atoms with E-state index in [2.05, 4.69) is 38.0 Å². The predicted octanol–water partition coefficient (Wildman–Crippen LogP) is 2.25. The Morgan fingerprint density at radius 3 is 2.43 bits per heavy atom. The summed E-state index contributed by atoms with van der Waals surface area (Å²) in [5.74, 6) is 0. The Bertz CT molecular complexity index is 154. The van der Waals surface area contributed by atoms with Crippen molar-refractivity contribution >= 4 is 0 Å². The van der Waals surface area contributed by atoms with Crippen LogP contribution in [-0.2, 0) is 0 Å². The van der Waals surface area contributed by atoms with Crippen LogP contribution in [0.15, 0.2) is 0 Å². The molecule has 0 aromatic carbocycles. The fourth-order valence-electron chi connectivity index (χ4n) is 1.82. The van der Waals surface area contributed by atoms with Gasteiger partial charge in [-0.05, 0) is 40.2 Å². The van der Waals surface area contributed by atoms with E-state index in [4.69, 9.17) is 0 Å². The normalized spacial score (nSPS) is 21.2. The van der Waals surface area contributed by atoms with Crippen molar-refractivity contribution in [2.24, 2.45) is 0 Å². The molecule has 0 radical (unpaired) electrons. The molecule has 84 valence electrons. The van der Waals surface area contributed by atoms with Crippen LogP contribution in [0.1, 0.15) is 46.5 Å². The highest BCUT2D eigenvalue weighted by Crippen LogP contribution is 2.18. The number of rotatable bonds is 7. The second-order valence-corrected chi connectivity index (χ2v) is 4.83. The highest BCUT2D eigenvalue weighted by atomic mass is 15.2. The van der Waals surface area contributed by atoms with Gasteiger partial charge in [-0.2, -0.15) is 0 Å². The highest BCUT2D eigenvalue weighted by molar-refractivity contribution is 4.83. The van der Waals surface area contributed by atoms with Crippen molar-refractivity contribution in [2.45, 2.75) is 64.6 Å². The summed E-state index contributed by atoms with van der Waals surface area (Å²) in [5, 5.41) is 3.59. The topological polar surface area (TPSA) is 15.3 Å². The van der Waals surface area contributed by atoms with Crippen molar-refractivity contribution < 1.29 is 0 Å². The minimum absolute atomic E-state index is 0.664. The summed E-state index contributed by atoms with van der Waals surface area (Å²) < 4.78 is 0. The second kappa shape index (κ2) is 5.72. The Hall–Kier alpha value is -0.0800. The predicted molar refractivity (Wildman–Crippen MR) is 62.6 cm³/mol. The van der Waals surface area contributed by atoms with Gasteiger partial charge in [0, 0.05) is 24.7 Å². The first-order valence-corrected chi connectivity index (χ1v) is 6.10. The lowest BCUT2D eigenvalue weighted by atomic mass is 10.1. The van der Waals surface area contributed by atoms with Gasteiger partial charge in [0.2, 0.25) is 0 Å². The van der Waals surface area contributed by atoms with Crippen molar-refractivity contribution in [1.29, 1.82) is 0 Å². The molecule has 1 aliphatic rings. The van der Waals surface area contributed by atoms with Crippen molar-refractivity contribution in [3.63, 3.8) is 0 Å². The largest absolute Gasteiger partial charge is 0.312 e. The van der Waals surface area contributed by atoms with Crippen LogP contribution >= 0.6 is 0 Å². The van der Waals surface area contributed by atoms with Gasteiger partial charge in [0.1, 0.15) is 0 Å². The molecule has 0 spiro atoms. The minimum atomic E-state index is 0.664. The molecule has 0 saturated heterocycles. The third-order valence-corrected chi connectivity index (χ3v) is 3.38. The molecule has 2 atom stereocenters. The summed E-state index contributed by atoms with van der Waals surface area (Å²) in [6.45, 7) is 8.06. The number of hydrogen-bond acceptors (Lipinski definition) is 2. The van der Waals surface area contributed by atoms with Gasteiger partial charge in [-0.25, -0.2) is 0 Å². The van der Waals surface area contributed by atoms with E-state index in [-0.39, 0.29) is 0 Å². The molecular formula is C12H26N2. The Labute approximate surface area is 89.1 Å². The van der Waals surface area contributed by atoms with Gasteiger partial charge in [0.15, 0.2) is 0 Å². The zero-order chi connectivity index (χ0) is 10.6. The highest BCUT2D eigenvalue weighted by Gasteiger charge is 2.22. The minimum Gasteiger partial charge on any atom is -0.312 e. The number of nitrogens with one attached hydrogen (secondary N) is 1. The monoisotopic (exact) mass is 198 g/mol. The zero-order valence-electron chi connectivity index (χ0n) is 10.2. The quantitative estimate of drug-likeness (QED) is 0.675. The fraction of sp³-hybridized carbons (Fsp3) is 1.00. The van der Waals surface area contributed by atoms with Crippen LogP contribution in [0.2, 0.25) is 0 Å². The average Bonchev–Trinajstić information content (AvgIpc) is 2.97. The van der Waals surface area contributed by atoms with Crippen LogP contribution < -0.4 is 5.32 Å². The molecule has 0 amide bonds. The maximum absolute atomic E-state index is 3.59. The Kier molecular flexibility index (Phi) is 4.90. The zero-order valence-corrected chi connectivity index (χ0v) is 10.2. The summed E-state index contributed by atoms with van der Waals surface area (Å²) in [5.41, 5.74) is 0. The van der Waals surface area contributed by atoms with Gasteiger partial charge >= 0.3 is 0 Å². The molecule has 1 rings (SSSR count). The van der Waals surface area contributed by atoms with Gasteiger partial charge in [-0.1, -0.05) is 13.3 Å². The van der Waals surface area contributed by atoms with Crippen molar-refractivity contribution in [2.75, 3.05) is 13.6 Å². The van der Waals surface area contributed by atoms with Gasteiger partial charge in [0.25, 0.3) is 0 Å². The van der Waals surface area contributed by atoms with Crippen LogP contribution in [0.3, 0.4) is 0 Å². The molecule has 0 aromatic rings. The molecule has 0 aliphatic heterocycles. The number of hydrogen-bond donors (Lipinski definition) is 1. The molecule has 1 saturated carbocycles. The maximum atomic E-state index is 3.59. The van der Waals surface area contributed by atoms with Gasteiger partial charge in [0.05, 0.1) is 0 Å². The first-order valence-electron chi connectivity index (χ1n) is 6.10. The first-order chi connectivity index (χ1) is 6.65. The molecule has 1 fully saturated rings. The van der Waals surface area contributed by atoms with E-state index in [1.165, 1.54) is 25.7 Å². The average molecular weight is 198 g/mol. The molecule has 2 heteroatoms. The van der Waals surface area contributed by atoms with Gasteiger partial charge < -0.3 is 5.32 Å². The molecular weight excluding hydrogens is 172 g/mol. The standard InChI is InChI=1S/C12H26N2/c1-5-6-10(2)14(4)11(3)9-13-12-7-8-12/h10-13H,5-9H2,1-4H3. The van der Waals surface area contributed by atoms with E-state index in [0.717, 1.165) is 18.6 Å². The lowest BCUT2D eigenvalue weighted by molar-refractivity contribution is 0.182. The lowest BCUT2D eigenvalue weighted by Gasteiger charge is -2.31. The summed E-state index contributed by atoms with van der Waals surface area (Å²) in [4.78, 5) is 2.50. The Morgan fingerprint density at radius 2 is 1.93 bits per heavy atom. The van der Waals surface area contributed by atoms with E-state index in [1.807, 2.05) is 0 Å². The number of likely N-dealkylation sites (N-methyl/N-ethyl adjacent to an activating group) is 1. The smallest absolute Gasteiger partial charge is 0.0192 e.